The van der Waals surface area contributed by atoms with Gasteiger partial charge in [0.2, 0.25) is 0 Å². The smallest absolute Gasteiger partial charge is 0.342 e. The summed E-state index contributed by atoms with van der Waals surface area (Å²) in [6.45, 7) is 5.98. The molecule has 2 amide bonds. The SMILES string of the molecule is CCn1c(C(=O)NC(C)c2ncc(C(=O)Nc3cc(C(F)(F)F)c(Cl)cn3)s2)cnc1C. The number of hydrogen-bond donors (Lipinski definition) is 2. The summed E-state index contributed by atoms with van der Waals surface area (Å²) in [5, 5.41) is 4.97. The molecule has 0 bridgehead atoms. The minimum Gasteiger partial charge on any atom is -0.342 e. The first-order chi connectivity index (χ1) is 15.0. The van der Waals surface area contributed by atoms with E-state index in [9.17, 15) is 22.8 Å². The van der Waals surface area contributed by atoms with Gasteiger partial charge in [0.15, 0.2) is 0 Å². The lowest BCUT2D eigenvalue weighted by atomic mass is 10.2. The van der Waals surface area contributed by atoms with Crippen molar-refractivity contribution in [3.05, 3.63) is 56.6 Å². The zero-order chi connectivity index (χ0) is 23.6. The summed E-state index contributed by atoms with van der Waals surface area (Å²) in [7, 11) is 0. The van der Waals surface area contributed by atoms with Crippen LogP contribution in [0.3, 0.4) is 0 Å². The van der Waals surface area contributed by atoms with Crippen LogP contribution in [-0.4, -0.2) is 31.3 Å². The van der Waals surface area contributed by atoms with Crippen LogP contribution >= 0.6 is 22.9 Å². The second-order valence-electron chi connectivity index (χ2n) is 6.69. The van der Waals surface area contributed by atoms with Gasteiger partial charge in [-0.05, 0) is 26.8 Å². The maximum atomic E-state index is 13.0. The highest BCUT2D eigenvalue weighted by Crippen LogP contribution is 2.35. The molecule has 1 atom stereocenters. The van der Waals surface area contributed by atoms with E-state index in [2.05, 4.69) is 25.6 Å². The maximum absolute atomic E-state index is 13.0. The summed E-state index contributed by atoms with van der Waals surface area (Å²) in [4.78, 5) is 37.1. The third kappa shape index (κ3) is 5.07. The summed E-state index contributed by atoms with van der Waals surface area (Å²) >= 11 is 6.53. The van der Waals surface area contributed by atoms with Crippen LogP contribution in [0.15, 0.2) is 24.7 Å². The minimum atomic E-state index is -4.68. The Labute approximate surface area is 189 Å². The zero-order valence-corrected chi connectivity index (χ0v) is 18.7. The number of anilines is 1. The lowest BCUT2D eigenvalue weighted by Crippen LogP contribution is -2.28. The molecule has 0 aliphatic rings. The average Bonchev–Trinajstić information content (AvgIpc) is 3.35. The molecule has 0 aliphatic carbocycles. The number of imidazole rings is 1. The van der Waals surface area contributed by atoms with Crippen molar-refractivity contribution in [3.8, 4) is 0 Å². The number of nitrogens with zero attached hydrogens (tertiary/aromatic N) is 4. The highest BCUT2D eigenvalue weighted by molar-refractivity contribution is 7.13. The van der Waals surface area contributed by atoms with E-state index in [-0.39, 0.29) is 16.6 Å². The van der Waals surface area contributed by atoms with Crippen LogP contribution in [0.25, 0.3) is 0 Å². The fourth-order valence-electron chi connectivity index (χ4n) is 2.88. The van der Waals surface area contributed by atoms with E-state index in [1.165, 1.54) is 12.4 Å². The van der Waals surface area contributed by atoms with Crippen LogP contribution in [0.4, 0.5) is 19.0 Å². The molecule has 170 valence electrons. The topological polar surface area (TPSA) is 102 Å². The van der Waals surface area contributed by atoms with E-state index in [0.29, 0.717) is 29.1 Å². The maximum Gasteiger partial charge on any atom is 0.418 e. The Morgan fingerprint density at radius 2 is 1.91 bits per heavy atom. The molecular formula is C19H18ClF3N6O2S. The highest BCUT2D eigenvalue weighted by Gasteiger charge is 2.34. The van der Waals surface area contributed by atoms with E-state index in [1.807, 2.05) is 6.92 Å². The summed E-state index contributed by atoms with van der Waals surface area (Å²) in [6.07, 6.45) is -1.11. The van der Waals surface area contributed by atoms with Crippen molar-refractivity contribution in [2.45, 2.75) is 39.5 Å². The van der Waals surface area contributed by atoms with Crippen LogP contribution < -0.4 is 10.6 Å². The molecule has 3 heterocycles. The summed E-state index contributed by atoms with van der Waals surface area (Å²) in [5.41, 5.74) is -0.701. The van der Waals surface area contributed by atoms with Gasteiger partial charge < -0.3 is 15.2 Å². The fourth-order valence-corrected chi connectivity index (χ4v) is 3.90. The van der Waals surface area contributed by atoms with Crippen LogP contribution in [-0.2, 0) is 12.7 Å². The number of aromatic nitrogens is 4. The zero-order valence-electron chi connectivity index (χ0n) is 17.1. The Morgan fingerprint density at radius 3 is 2.56 bits per heavy atom. The average molecular weight is 487 g/mol. The Bertz CT molecular complexity index is 1160. The van der Waals surface area contributed by atoms with Crippen LogP contribution in [0.2, 0.25) is 5.02 Å². The molecule has 0 saturated carbocycles. The number of carbonyl (C=O) groups is 2. The van der Waals surface area contributed by atoms with Gasteiger partial charge >= 0.3 is 6.18 Å². The van der Waals surface area contributed by atoms with Crippen molar-refractivity contribution in [1.82, 2.24) is 24.8 Å². The largest absolute Gasteiger partial charge is 0.418 e. The molecule has 3 aromatic rings. The van der Waals surface area contributed by atoms with Crippen LogP contribution in [0.5, 0.6) is 0 Å². The Hall–Kier alpha value is -2.99. The summed E-state index contributed by atoms with van der Waals surface area (Å²) in [5.74, 6) is -0.615. The first-order valence-electron chi connectivity index (χ1n) is 9.34. The van der Waals surface area contributed by atoms with Crippen molar-refractivity contribution < 1.29 is 22.8 Å². The number of nitrogens with one attached hydrogen (secondary N) is 2. The van der Waals surface area contributed by atoms with E-state index >= 15 is 0 Å². The Morgan fingerprint density at radius 1 is 1.19 bits per heavy atom. The number of aryl methyl sites for hydroxylation is 1. The second-order valence-corrected chi connectivity index (χ2v) is 8.16. The van der Waals surface area contributed by atoms with Crippen molar-refractivity contribution in [1.29, 1.82) is 0 Å². The molecular weight excluding hydrogens is 469 g/mol. The van der Waals surface area contributed by atoms with Crippen molar-refractivity contribution in [2.75, 3.05) is 5.32 Å². The quantitative estimate of drug-likeness (QED) is 0.535. The van der Waals surface area contributed by atoms with Gasteiger partial charge in [-0.15, -0.1) is 11.3 Å². The van der Waals surface area contributed by atoms with E-state index in [1.54, 1.807) is 18.4 Å². The van der Waals surface area contributed by atoms with Crippen molar-refractivity contribution >= 4 is 40.6 Å². The third-order valence-electron chi connectivity index (χ3n) is 4.47. The van der Waals surface area contributed by atoms with Crippen molar-refractivity contribution in [2.24, 2.45) is 0 Å². The molecule has 0 radical (unpaired) electrons. The standard InChI is InChI=1S/C19H18ClF3N6O2S/c1-4-29-10(3)24-7-13(29)16(30)27-9(2)18-26-8-14(32-18)17(31)28-15-5-11(19(21,22)23)12(20)6-25-15/h5-9H,4H2,1-3H3,(H,27,30)(H,25,28,31). The molecule has 0 spiro atoms. The number of carbonyl (C=O) groups excluding carboxylic acids is 2. The molecule has 0 aliphatic heterocycles. The van der Waals surface area contributed by atoms with Crippen LogP contribution in [0.1, 0.15) is 56.4 Å². The van der Waals surface area contributed by atoms with Gasteiger partial charge in [0.25, 0.3) is 11.8 Å². The fraction of sp³-hybridized carbons (Fsp3) is 0.316. The number of pyridine rings is 1. The molecule has 1 unspecified atom stereocenters. The van der Waals surface area contributed by atoms with Gasteiger partial charge in [-0.2, -0.15) is 13.2 Å². The first kappa shape index (κ1) is 23.7. The van der Waals surface area contributed by atoms with Gasteiger partial charge in [0.1, 0.15) is 27.2 Å². The molecule has 8 nitrogen and oxygen atoms in total. The molecule has 0 fully saturated rings. The normalized spacial score (nSPS) is 12.5. The van der Waals surface area contributed by atoms with Gasteiger partial charge in [0, 0.05) is 12.7 Å². The Kier molecular flexibility index (Phi) is 6.84. The van der Waals surface area contributed by atoms with Gasteiger partial charge in [-0.1, -0.05) is 11.6 Å². The number of amides is 2. The van der Waals surface area contributed by atoms with Gasteiger partial charge in [-0.25, -0.2) is 15.0 Å². The molecule has 3 aromatic heterocycles. The number of rotatable bonds is 6. The van der Waals surface area contributed by atoms with Gasteiger partial charge in [-0.3, -0.25) is 9.59 Å². The molecule has 2 N–H and O–H groups in total. The number of alkyl halides is 3. The molecule has 0 aromatic carbocycles. The lowest BCUT2D eigenvalue weighted by Gasteiger charge is -2.12. The number of thiazole rings is 1. The second kappa shape index (κ2) is 9.25. The molecule has 3 rings (SSSR count). The molecule has 0 saturated heterocycles. The summed E-state index contributed by atoms with van der Waals surface area (Å²) in [6, 6.07) is 0.143. The van der Waals surface area contributed by atoms with E-state index < -0.39 is 28.7 Å². The lowest BCUT2D eigenvalue weighted by molar-refractivity contribution is -0.137. The predicted octanol–water partition coefficient (Wildman–Crippen LogP) is 4.48. The predicted molar refractivity (Wildman–Crippen MR) is 113 cm³/mol. The van der Waals surface area contributed by atoms with Gasteiger partial charge in [0.05, 0.1) is 29.0 Å². The molecule has 13 heteroatoms. The number of hydrogen-bond acceptors (Lipinski definition) is 6. The van der Waals surface area contributed by atoms with Crippen molar-refractivity contribution in [3.63, 3.8) is 0 Å². The first-order valence-corrected chi connectivity index (χ1v) is 10.5. The molecule has 32 heavy (non-hydrogen) atoms. The third-order valence-corrected chi connectivity index (χ3v) is 5.95. The minimum absolute atomic E-state index is 0.140. The number of halogens is 4. The Balaban J connectivity index is 1.70. The van der Waals surface area contributed by atoms with Crippen LogP contribution in [0, 0.1) is 6.92 Å². The highest BCUT2D eigenvalue weighted by atomic mass is 35.5. The van der Waals surface area contributed by atoms with E-state index in [4.69, 9.17) is 11.6 Å². The monoisotopic (exact) mass is 486 g/mol. The van der Waals surface area contributed by atoms with E-state index in [0.717, 1.165) is 17.5 Å². The summed E-state index contributed by atoms with van der Waals surface area (Å²) < 4.78 is 40.7.